The van der Waals surface area contributed by atoms with Crippen LogP contribution in [0.25, 0.3) is 0 Å². The van der Waals surface area contributed by atoms with Gasteiger partial charge in [0.05, 0.1) is 14.1 Å². The Morgan fingerprint density at radius 3 is 1.35 bits per heavy atom. The predicted octanol–water partition coefficient (Wildman–Crippen LogP) is 7.26. The van der Waals surface area contributed by atoms with Crippen molar-refractivity contribution in [1.29, 1.82) is 0 Å². The van der Waals surface area contributed by atoms with Gasteiger partial charge in [-0.2, -0.15) is 0 Å². The summed E-state index contributed by atoms with van der Waals surface area (Å²) in [4.78, 5) is 0. The quantitative estimate of drug-likeness (QED) is 0.132. The molecule has 1 atom stereocenters. The van der Waals surface area contributed by atoms with Crippen molar-refractivity contribution in [2.75, 3.05) is 14.1 Å². The largest absolute Gasteiger partial charge is 1.00 e. The van der Waals surface area contributed by atoms with Crippen LogP contribution in [0.4, 0.5) is 5.69 Å². The molecule has 0 aromatic heterocycles. The molecular weight excluding hydrogens is 478 g/mol. The van der Waals surface area contributed by atoms with Gasteiger partial charge in [-0.1, -0.05) is 145 Å². The molecule has 2 heteroatoms. The summed E-state index contributed by atoms with van der Waals surface area (Å²) in [6.45, 7) is 2.30. The van der Waals surface area contributed by atoms with Gasteiger partial charge in [0.25, 0.3) is 0 Å². The van der Waals surface area contributed by atoms with Gasteiger partial charge in [0.1, 0.15) is 11.7 Å². The SMILES string of the molecule is CCCCCCCCCCCCCCCCCC(c1ccccc1)[N+](C)(C)c1ccccc1.[Br-]. The number of para-hydroxylation sites is 1. The summed E-state index contributed by atoms with van der Waals surface area (Å²) in [5.41, 5.74) is 2.86. The zero-order valence-corrected chi connectivity index (χ0v) is 24.1. The normalized spacial score (nSPS) is 12.3. The fraction of sp³-hybridized carbons (Fsp3) is 0.625. The van der Waals surface area contributed by atoms with Crippen molar-refractivity contribution in [3.63, 3.8) is 0 Å². The first kappa shape index (κ1) is 30.9. The molecule has 0 bridgehead atoms. The van der Waals surface area contributed by atoms with Gasteiger partial charge in [0, 0.05) is 12.0 Å². The first-order valence-corrected chi connectivity index (χ1v) is 14.1. The van der Waals surface area contributed by atoms with E-state index in [0.717, 1.165) is 4.48 Å². The molecule has 2 aromatic rings. The van der Waals surface area contributed by atoms with Gasteiger partial charge < -0.3 is 17.0 Å². The number of halogens is 1. The van der Waals surface area contributed by atoms with Crippen LogP contribution in [0.3, 0.4) is 0 Å². The number of hydrogen-bond donors (Lipinski definition) is 0. The van der Waals surface area contributed by atoms with E-state index in [1.54, 1.807) is 0 Å². The highest BCUT2D eigenvalue weighted by atomic mass is 79.9. The molecule has 2 rings (SSSR count). The summed E-state index contributed by atoms with van der Waals surface area (Å²) in [5.74, 6) is 0. The Balaban J connectivity index is 0.00000578. The predicted molar refractivity (Wildman–Crippen MR) is 149 cm³/mol. The highest BCUT2D eigenvalue weighted by Crippen LogP contribution is 2.35. The maximum atomic E-state index is 2.37. The van der Waals surface area contributed by atoms with Gasteiger partial charge in [-0.3, -0.25) is 4.48 Å². The van der Waals surface area contributed by atoms with Crippen molar-refractivity contribution in [2.24, 2.45) is 0 Å². The smallest absolute Gasteiger partial charge is 0.132 e. The Hall–Kier alpha value is -1.12. The van der Waals surface area contributed by atoms with Crippen LogP contribution < -0.4 is 21.5 Å². The Labute approximate surface area is 222 Å². The number of nitrogens with zero attached hydrogens (tertiary/aromatic N) is 1. The van der Waals surface area contributed by atoms with Crippen molar-refractivity contribution in [2.45, 2.75) is 116 Å². The van der Waals surface area contributed by atoms with Gasteiger partial charge in [0.15, 0.2) is 0 Å². The van der Waals surface area contributed by atoms with Crippen LogP contribution in [0.15, 0.2) is 60.7 Å². The van der Waals surface area contributed by atoms with E-state index in [9.17, 15) is 0 Å². The number of benzene rings is 2. The Morgan fingerprint density at radius 2 is 0.912 bits per heavy atom. The molecule has 0 saturated heterocycles. The first-order chi connectivity index (χ1) is 16.2. The fourth-order valence-electron chi connectivity index (χ4n) is 5.24. The molecule has 1 nitrogen and oxygen atoms in total. The Kier molecular flexibility index (Phi) is 17.4. The third kappa shape index (κ3) is 12.0. The lowest BCUT2D eigenvalue weighted by atomic mass is 9.96. The van der Waals surface area contributed by atoms with Gasteiger partial charge in [0.2, 0.25) is 0 Å². The van der Waals surface area contributed by atoms with Crippen molar-refractivity contribution < 1.29 is 17.0 Å². The molecule has 1 unspecified atom stereocenters. The van der Waals surface area contributed by atoms with Gasteiger partial charge in [-0.25, -0.2) is 0 Å². The van der Waals surface area contributed by atoms with E-state index < -0.39 is 0 Å². The third-order valence-electron chi connectivity index (χ3n) is 7.47. The molecule has 0 radical (unpaired) electrons. The average Bonchev–Trinajstić information content (AvgIpc) is 2.85. The highest BCUT2D eigenvalue weighted by Gasteiger charge is 2.31. The number of quaternary nitrogens is 1. The summed E-state index contributed by atoms with van der Waals surface area (Å²) in [7, 11) is 4.75. The standard InChI is InChI=1S/C32H52N.BrH/c1-4-5-6-7-8-9-10-11-12-13-14-15-16-17-24-29-32(30-25-20-18-21-26-30)33(2,3)31-27-22-19-23-28-31;/h18-23,25-28,32H,4-17,24,29H2,1-3H3;1H/q+1;/p-1. The second-order valence-corrected chi connectivity index (χ2v) is 10.5. The molecule has 0 N–H and O–H groups in total. The Morgan fingerprint density at radius 1 is 0.529 bits per heavy atom. The van der Waals surface area contributed by atoms with Crippen LogP contribution in [0.5, 0.6) is 0 Å². The third-order valence-corrected chi connectivity index (χ3v) is 7.47. The molecule has 0 heterocycles. The minimum atomic E-state index is 0. The van der Waals surface area contributed by atoms with E-state index in [4.69, 9.17) is 0 Å². The van der Waals surface area contributed by atoms with Crippen LogP contribution in [-0.2, 0) is 0 Å². The van der Waals surface area contributed by atoms with Crippen LogP contribution in [-0.4, -0.2) is 14.1 Å². The molecule has 0 saturated carbocycles. The summed E-state index contributed by atoms with van der Waals surface area (Å²) in [6, 6.07) is 22.7. The molecule has 0 aliphatic heterocycles. The second kappa shape index (κ2) is 19.1. The van der Waals surface area contributed by atoms with E-state index in [1.807, 2.05) is 0 Å². The fourth-order valence-corrected chi connectivity index (χ4v) is 5.24. The molecule has 0 amide bonds. The van der Waals surface area contributed by atoms with Crippen molar-refractivity contribution in [3.8, 4) is 0 Å². The molecule has 0 aliphatic rings. The van der Waals surface area contributed by atoms with Crippen molar-refractivity contribution in [1.82, 2.24) is 4.48 Å². The van der Waals surface area contributed by atoms with E-state index >= 15 is 0 Å². The minimum Gasteiger partial charge on any atom is -1.00 e. The first-order valence-electron chi connectivity index (χ1n) is 14.1. The zero-order chi connectivity index (χ0) is 23.6. The highest BCUT2D eigenvalue weighted by molar-refractivity contribution is 5.43. The van der Waals surface area contributed by atoms with Crippen LogP contribution in [0.2, 0.25) is 0 Å². The van der Waals surface area contributed by atoms with E-state index in [1.165, 1.54) is 114 Å². The van der Waals surface area contributed by atoms with E-state index in [2.05, 4.69) is 81.7 Å². The number of unbranched alkanes of at least 4 members (excludes halogenated alkanes) is 14. The van der Waals surface area contributed by atoms with Crippen LogP contribution in [0.1, 0.15) is 121 Å². The molecule has 0 spiro atoms. The maximum absolute atomic E-state index is 2.37. The molecule has 0 aliphatic carbocycles. The number of rotatable bonds is 19. The monoisotopic (exact) mass is 529 g/mol. The lowest BCUT2D eigenvalue weighted by Crippen LogP contribution is -3.00. The van der Waals surface area contributed by atoms with E-state index in [-0.39, 0.29) is 17.0 Å². The van der Waals surface area contributed by atoms with Crippen molar-refractivity contribution >= 4 is 5.69 Å². The molecule has 0 fully saturated rings. The van der Waals surface area contributed by atoms with Gasteiger partial charge in [-0.15, -0.1) is 0 Å². The topological polar surface area (TPSA) is 0 Å². The summed E-state index contributed by atoms with van der Waals surface area (Å²) >= 11 is 0. The Bertz CT molecular complexity index is 697. The maximum Gasteiger partial charge on any atom is 0.132 e. The molecular formula is C32H52BrN. The molecule has 34 heavy (non-hydrogen) atoms. The summed E-state index contributed by atoms with van der Waals surface area (Å²) < 4.78 is 0.920. The minimum absolute atomic E-state index is 0. The van der Waals surface area contributed by atoms with Gasteiger partial charge in [-0.05, 0) is 18.6 Å². The molecule has 192 valence electrons. The van der Waals surface area contributed by atoms with Crippen LogP contribution >= 0.6 is 0 Å². The molecule has 2 aromatic carbocycles. The lowest BCUT2D eigenvalue weighted by Gasteiger charge is -2.38. The number of hydrogen-bond acceptors (Lipinski definition) is 0. The van der Waals surface area contributed by atoms with Crippen molar-refractivity contribution in [3.05, 3.63) is 66.2 Å². The second-order valence-electron chi connectivity index (χ2n) is 10.5. The summed E-state index contributed by atoms with van der Waals surface area (Å²) in [5, 5.41) is 0. The lowest BCUT2D eigenvalue weighted by molar-refractivity contribution is -0.00000715. The van der Waals surface area contributed by atoms with Crippen LogP contribution in [0, 0.1) is 0 Å². The summed E-state index contributed by atoms with van der Waals surface area (Å²) in [6.07, 6.45) is 22.6. The van der Waals surface area contributed by atoms with Gasteiger partial charge >= 0.3 is 0 Å². The van der Waals surface area contributed by atoms with E-state index in [0.29, 0.717) is 6.04 Å². The average molecular weight is 531 g/mol. The zero-order valence-electron chi connectivity index (χ0n) is 22.5.